The zero-order chi connectivity index (χ0) is 46.1. The first-order valence-corrected chi connectivity index (χ1v) is 24.7. The van der Waals surface area contributed by atoms with Gasteiger partial charge in [0, 0.05) is 6.42 Å². The molecule has 368 valence electrons. The lowest BCUT2D eigenvalue weighted by molar-refractivity contribution is -0.359. The predicted molar refractivity (Wildman–Crippen MR) is 244 cm³/mol. The number of amides is 1. The Balaban J connectivity index is 1.71. The smallest absolute Gasteiger partial charge is 0.220 e. The monoisotopic (exact) mass is 900 g/mol. The Bertz CT molecular complexity index is 1200. The Labute approximate surface area is 379 Å². The fraction of sp³-hybridized carbons (Fsp3) is 0.857. The highest BCUT2D eigenvalue weighted by molar-refractivity contribution is 5.76. The Kier molecular flexibility index (Phi) is 33.1. The molecule has 2 saturated heterocycles. The van der Waals surface area contributed by atoms with E-state index < -0.39 is 86.8 Å². The van der Waals surface area contributed by atoms with Crippen molar-refractivity contribution in [3.63, 3.8) is 0 Å². The fourth-order valence-electron chi connectivity index (χ4n) is 7.97. The molecule has 0 aromatic carbocycles. The third kappa shape index (κ3) is 24.0. The molecular weight excluding hydrogens is 811 g/mol. The van der Waals surface area contributed by atoms with Crippen molar-refractivity contribution in [3.05, 3.63) is 36.5 Å². The summed E-state index contributed by atoms with van der Waals surface area (Å²) in [5.41, 5.74) is 0. The van der Waals surface area contributed by atoms with Crippen LogP contribution < -0.4 is 5.32 Å². The van der Waals surface area contributed by atoms with Crippen LogP contribution in [0.2, 0.25) is 0 Å². The van der Waals surface area contributed by atoms with Crippen molar-refractivity contribution in [1.82, 2.24) is 5.32 Å². The predicted octanol–water partition coefficient (Wildman–Crippen LogP) is 5.93. The number of aliphatic hydroxyl groups is 8. The number of rotatable bonds is 37. The lowest BCUT2D eigenvalue weighted by Crippen LogP contribution is -2.65. The first kappa shape index (κ1) is 57.3. The minimum atomic E-state index is -1.79. The van der Waals surface area contributed by atoms with Gasteiger partial charge in [-0.3, -0.25) is 4.79 Å². The minimum absolute atomic E-state index is 0.249. The van der Waals surface area contributed by atoms with Crippen molar-refractivity contribution in [2.45, 2.75) is 248 Å². The zero-order valence-corrected chi connectivity index (χ0v) is 38.8. The first-order valence-electron chi connectivity index (χ1n) is 24.7. The summed E-state index contributed by atoms with van der Waals surface area (Å²) in [5.74, 6) is -0.249. The lowest BCUT2D eigenvalue weighted by Gasteiger charge is -2.46. The third-order valence-electron chi connectivity index (χ3n) is 12.1. The number of hydrogen-bond acceptors (Lipinski definition) is 13. The van der Waals surface area contributed by atoms with Crippen LogP contribution in [-0.4, -0.2) is 140 Å². The molecular formula is C49H89NO13. The van der Waals surface area contributed by atoms with Gasteiger partial charge in [0.05, 0.1) is 32.0 Å². The lowest BCUT2D eigenvalue weighted by atomic mass is 9.97. The molecule has 63 heavy (non-hydrogen) atoms. The summed E-state index contributed by atoms with van der Waals surface area (Å²) in [4.78, 5) is 13.1. The summed E-state index contributed by atoms with van der Waals surface area (Å²) in [6, 6.07) is -0.911. The Hall–Kier alpha value is -1.79. The summed E-state index contributed by atoms with van der Waals surface area (Å²) < 4.78 is 22.6. The van der Waals surface area contributed by atoms with Crippen molar-refractivity contribution in [3.8, 4) is 0 Å². The van der Waals surface area contributed by atoms with E-state index >= 15 is 0 Å². The quantitative estimate of drug-likeness (QED) is 0.0261. The van der Waals surface area contributed by atoms with Gasteiger partial charge >= 0.3 is 0 Å². The van der Waals surface area contributed by atoms with Gasteiger partial charge in [0.25, 0.3) is 0 Å². The fourth-order valence-corrected chi connectivity index (χ4v) is 7.97. The summed E-state index contributed by atoms with van der Waals surface area (Å²) >= 11 is 0. The molecule has 0 bridgehead atoms. The van der Waals surface area contributed by atoms with Crippen molar-refractivity contribution in [2.75, 3.05) is 19.8 Å². The van der Waals surface area contributed by atoms with E-state index in [4.69, 9.17) is 18.9 Å². The molecule has 2 rings (SSSR count). The second-order valence-electron chi connectivity index (χ2n) is 17.6. The SMILES string of the molecule is CCCCCC/C=C/C(O)C(COC1OC(CO)C(OC2OC(CO)C(O)C(O)C2O)C(O)C1O)NC(=O)CCCCCCCCCCCCC/C=C\C/C=C\CCCCCCC. The van der Waals surface area contributed by atoms with Crippen molar-refractivity contribution in [1.29, 1.82) is 0 Å². The van der Waals surface area contributed by atoms with E-state index in [1.165, 1.54) is 89.9 Å². The molecule has 0 saturated carbocycles. The molecule has 1 amide bonds. The standard InChI is InChI=1S/C49H89NO13/c1-3-5-7-9-11-12-13-14-15-16-17-18-19-20-21-22-23-24-25-26-27-29-31-33-41(54)50-37(38(53)32-30-28-10-8-6-4-2)36-60-48-46(59)44(57)47(40(35-52)62-48)63-49-45(58)43(56)42(55)39(34-51)61-49/h13-14,16-17,30,32,37-40,42-49,51-53,55-59H,3-12,15,18-29,31,33-36H2,1-2H3,(H,50,54)/b14-13-,17-16-,32-30+. The molecule has 0 aliphatic carbocycles. The van der Waals surface area contributed by atoms with Crippen LogP contribution in [0.4, 0.5) is 0 Å². The van der Waals surface area contributed by atoms with Crippen LogP contribution in [0.5, 0.6) is 0 Å². The number of carbonyl (C=O) groups is 1. The van der Waals surface area contributed by atoms with E-state index in [1.54, 1.807) is 6.08 Å². The van der Waals surface area contributed by atoms with Crippen molar-refractivity contribution in [2.24, 2.45) is 0 Å². The highest BCUT2D eigenvalue weighted by Gasteiger charge is 2.51. The van der Waals surface area contributed by atoms with Gasteiger partial charge in [-0.15, -0.1) is 0 Å². The number of allylic oxidation sites excluding steroid dienone is 5. The molecule has 0 spiro atoms. The van der Waals surface area contributed by atoms with E-state index in [2.05, 4.69) is 43.5 Å². The summed E-state index contributed by atoms with van der Waals surface area (Å²) in [6.07, 6.45) is 23.8. The maximum Gasteiger partial charge on any atom is 0.220 e. The highest BCUT2D eigenvalue weighted by atomic mass is 16.7. The van der Waals surface area contributed by atoms with Gasteiger partial charge in [0.15, 0.2) is 12.6 Å². The topological polar surface area (TPSA) is 228 Å². The molecule has 14 nitrogen and oxygen atoms in total. The normalized spacial score (nSPS) is 27.8. The maximum absolute atomic E-state index is 13.1. The van der Waals surface area contributed by atoms with Crippen LogP contribution in [0.3, 0.4) is 0 Å². The molecule has 12 atom stereocenters. The molecule has 0 radical (unpaired) electrons. The van der Waals surface area contributed by atoms with E-state index in [0.29, 0.717) is 6.42 Å². The molecule has 14 heteroatoms. The second kappa shape index (κ2) is 36.3. The van der Waals surface area contributed by atoms with Crippen LogP contribution >= 0.6 is 0 Å². The van der Waals surface area contributed by atoms with Gasteiger partial charge in [-0.05, 0) is 51.4 Å². The Morgan fingerprint density at radius 1 is 0.571 bits per heavy atom. The molecule has 12 unspecified atom stereocenters. The summed E-state index contributed by atoms with van der Waals surface area (Å²) in [7, 11) is 0. The highest BCUT2D eigenvalue weighted by Crippen LogP contribution is 2.30. The van der Waals surface area contributed by atoms with E-state index in [-0.39, 0.29) is 18.9 Å². The molecule has 2 aliphatic rings. The van der Waals surface area contributed by atoms with Gasteiger partial charge in [0.2, 0.25) is 5.91 Å². The van der Waals surface area contributed by atoms with Crippen LogP contribution in [0.15, 0.2) is 36.5 Å². The molecule has 0 aromatic rings. The van der Waals surface area contributed by atoms with E-state index in [1.807, 2.05) is 6.08 Å². The number of ether oxygens (including phenoxy) is 4. The average molecular weight is 900 g/mol. The Morgan fingerprint density at radius 3 is 1.60 bits per heavy atom. The zero-order valence-electron chi connectivity index (χ0n) is 38.8. The van der Waals surface area contributed by atoms with Gasteiger partial charge in [0.1, 0.15) is 48.8 Å². The van der Waals surface area contributed by atoms with Gasteiger partial charge < -0.3 is 65.1 Å². The van der Waals surface area contributed by atoms with Gasteiger partial charge in [-0.2, -0.15) is 0 Å². The summed E-state index contributed by atoms with van der Waals surface area (Å²) in [6.45, 7) is 2.67. The van der Waals surface area contributed by atoms with Crippen LogP contribution in [0.25, 0.3) is 0 Å². The maximum atomic E-state index is 13.1. The van der Waals surface area contributed by atoms with Crippen LogP contribution in [0, 0.1) is 0 Å². The third-order valence-corrected chi connectivity index (χ3v) is 12.1. The number of hydrogen-bond donors (Lipinski definition) is 9. The number of carbonyl (C=O) groups excluding carboxylic acids is 1. The minimum Gasteiger partial charge on any atom is -0.394 e. The first-order chi connectivity index (χ1) is 30.6. The van der Waals surface area contributed by atoms with Gasteiger partial charge in [-0.1, -0.05) is 153 Å². The van der Waals surface area contributed by atoms with E-state index in [9.17, 15) is 45.6 Å². The van der Waals surface area contributed by atoms with Crippen molar-refractivity contribution < 1.29 is 64.6 Å². The Morgan fingerprint density at radius 2 is 1.05 bits per heavy atom. The number of aliphatic hydroxyl groups excluding tert-OH is 8. The summed E-state index contributed by atoms with van der Waals surface area (Å²) in [5, 5.41) is 86.2. The number of unbranched alkanes of at least 4 members (excludes halogenated alkanes) is 20. The van der Waals surface area contributed by atoms with Crippen LogP contribution in [-0.2, 0) is 23.7 Å². The largest absolute Gasteiger partial charge is 0.394 e. The molecule has 2 aliphatic heterocycles. The van der Waals surface area contributed by atoms with Crippen molar-refractivity contribution >= 4 is 5.91 Å². The molecule has 9 N–H and O–H groups in total. The van der Waals surface area contributed by atoms with E-state index in [0.717, 1.165) is 57.8 Å². The molecule has 2 fully saturated rings. The van der Waals surface area contributed by atoms with Crippen LogP contribution in [0.1, 0.15) is 174 Å². The van der Waals surface area contributed by atoms with Gasteiger partial charge in [-0.25, -0.2) is 0 Å². The average Bonchev–Trinajstić information content (AvgIpc) is 3.28. The molecule has 0 aromatic heterocycles. The number of nitrogens with one attached hydrogen (secondary N) is 1. The second-order valence-corrected chi connectivity index (χ2v) is 17.6. The molecule has 2 heterocycles.